The van der Waals surface area contributed by atoms with Crippen LogP contribution in [0.15, 0.2) is 0 Å². The number of hydrogen-bond acceptors (Lipinski definition) is 3. The Hall–Kier alpha value is -0.320. The summed E-state index contributed by atoms with van der Waals surface area (Å²) >= 11 is 0. The molecule has 2 saturated carbocycles. The molecule has 122 valence electrons. The fourth-order valence-corrected chi connectivity index (χ4v) is 4.64. The van der Waals surface area contributed by atoms with Gasteiger partial charge in [0.05, 0.1) is 25.3 Å². The minimum atomic E-state index is 0. The van der Waals surface area contributed by atoms with Gasteiger partial charge in [0.2, 0.25) is 5.91 Å². The van der Waals surface area contributed by atoms with Crippen molar-refractivity contribution in [3.05, 3.63) is 0 Å². The van der Waals surface area contributed by atoms with Gasteiger partial charge >= 0.3 is 0 Å². The van der Waals surface area contributed by atoms with Gasteiger partial charge in [-0.25, -0.2) is 0 Å². The summed E-state index contributed by atoms with van der Waals surface area (Å²) in [6.45, 7) is 5.55. The third-order valence-corrected chi connectivity index (χ3v) is 5.68. The van der Waals surface area contributed by atoms with Crippen LogP contribution in [0.3, 0.4) is 0 Å². The molecule has 1 amide bonds. The van der Waals surface area contributed by atoms with E-state index < -0.39 is 0 Å². The normalized spacial score (nSPS) is 43.1. The summed E-state index contributed by atoms with van der Waals surface area (Å²) in [5.74, 6) is 1.71. The lowest BCUT2D eigenvalue weighted by atomic mass is 9.64. The smallest absolute Gasteiger partial charge is 0.226 e. The number of rotatable bonds is 1. The van der Waals surface area contributed by atoms with Crippen LogP contribution in [-0.2, 0) is 9.53 Å². The number of hydrogen-bond donors (Lipinski definition) is 1. The number of carbonyl (C=O) groups excluding carboxylic acids is 1. The van der Waals surface area contributed by atoms with Crippen molar-refractivity contribution in [3.63, 3.8) is 0 Å². The second-order valence-electron chi connectivity index (χ2n) is 7.18. The molecule has 2 N–H and O–H groups in total. The van der Waals surface area contributed by atoms with Gasteiger partial charge in [-0.1, -0.05) is 6.42 Å². The zero-order valence-corrected chi connectivity index (χ0v) is 14.0. The quantitative estimate of drug-likeness (QED) is 0.807. The van der Waals surface area contributed by atoms with E-state index in [2.05, 4.69) is 18.7 Å². The Balaban J connectivity index is 0.00000161. The lowest BCUT2D eigenvalue weighted by Crippen LogP contribution is -2.56. The van der Waals surface area contributed by atoms with Crippen LogP contribution < -0.4 is 5.73 Å². The predicted octanol–water partition coefficient (Wildman–Crippen LogP) is 2.20. The molecule has 5 heteroatoms. The van der Waals surface area contributed by atoms with E-state index in [1.54, 1.807) is 0 Å². The maximum atomic E-state index is 12.9. The van der Waals surface area contributed by atoms with E-state index in [-0.39, 0.29) is 30.4 Å². The van der Waals surface area contributed by atoms with Gasteiger partial charge in [0.15, 0.2) is 0 Å². The molecule has 0 aromatic rings. The van der Waals surface area contributed by atoms with Crippen LogP contribution >= 0.6 is 12.4 Å². The number of morpholine rings is 1. The molecule has 1 saturated heterocycles. The highest BCUT2D eigenvalue weighted by Crippen LogP contribution is 2.42. The maximum Gasteiger partial charge on any atom is 0.226 e. The number of carbonyl (C=O) groups is 1. The third kappa shape index (κ3) is 3.22. The molecule has 4 nitrogen and oxygen atoms in total. The first-order chi connectivity index (χ1) is 9.58. The Bertz CT molecular complexity index is 355. The summed E-state index contributed by atoms with van der Waals surface area (Å²) in [5, 5.41) is 0. The summed E-state index contributed by atoms with van der Waals surface area (Å²) in [7, 11) is 0. The van der Waals surface area contributed by atoms with Crippen LogP contribution in [0.25, 0.3) is 0 Å². The van der Waals surface area contributed by atoms with E-state index in [1.165, 1.54) is 19.3 Å². The molecule has 4 unspecified atom stereocenters. The fraction of sp³-hybridized carbons (Fsp3) is 0.938. The van der Waals surface area contributed by atoms with Crippen molar-refractivity contribution in [2.24, 2.45) is 23.5 Å². The SMILES string of the molecule is CC1COCC(C)N1C(=O)C1CC2CCCC(C1)C2N.Cl. The maximum absolute atomic E-state index is 12.9. The minimum absolute atomic E-state index is 0. The Morgan fingerprint density at radius 3 is 2.14 bits per heavy atom. The van der Waals surface area contributed by atoms with Crippen molar-refractivity contribution < 1.29 is 9.53 Å². The number of nitrogens with two attached hydrogens (primary N) is 1. The molecular formula is C16H29ClN2O2. The molecule has 0 aromatic carbocycles. The lowest BCUT2D eigenvalue weighted by Gasteiger charge is -2.47. The van der Waals surface area contributed by atoms with E-state index in [0.717, 1.165) is 12.8 Å². The van der Waals surface area contributed by atoms with Gasteiger partial charge in [-0.15, -0.1) is 12.4 Å². The summed E-state index contributed by atoms with van der Waals surface area (Å²) in [6, 6.07) is 0.760. The van der Waals surface area contributed by atoms with Crippen LogP contribution in [0.4, 0.5) is 0 Å². The molecule has 0 spiro atoms. The van der Waals surface area contributed by atoms with E-state index in [4.69, 9.17) is 10.5 Å². The van der Waals surface area contributed by atoms with Gasteiger partial charge < -0.3 is 15.4 Å². The molecule has 3 fully saturated rings. The van der Waals surface area contributed by atoms with E-state index in [1.807, 2.05) is 0 Å². The van der Waals surface area contributed by atoms with E-state index in [0.29, 0.717) is 37.0 Å². The number of ether oxygens (including phenoxy) is 1. The third-order valence-electron chi connectivity index (χ3n) is 5.68. The van der Waals surface area contributed by atoms with Crippen molar-refractivity contribution in [2.45, 2.75) is 64.1 Å². The molecule has 2 aliphatic carbocycles. The Morgan fingerprint density at radius 1 is 1.10 bits per heavy atom. The van der Waals surface area contributed by atoms with E-state index in [9.17, 15) is 4.79 Å². The van der Waals surface area contributed by atoms with Crippen LogP contribution in [0, 0.1) is 17.8 Å². The molecule has 2 bridgehead atoms. The average molecular weight is 317 g/mol. The van der Waals surface area contributed by atoms with Gasteiger partial charge in [-0.3, -0.25) is 4.79 Å². The first-order valence-electron chi connectivity index (χ1n) is 8.23. The number of amides is 1. The fourth-order valence-electron chi connectivity index (χ4n) is 4.64. The number of halogens is 1. The summed E-state index contributed by atoms with van der Waals surface area (Å²) < 4.78 is 5.54. The van der Waals surface area contributed by atoms with Crippen molar-refractivity contribution in [2.75, 3.05) is 13.2 Å². The van der Waals surface area contributed by atoms with Crippen LogP contribution in [0.5, 0.6) is 0 Å². The van der Waals surface area contributed by atoms with Gasteiger partial charge in [0.25, 0.3) is 0 Å². The van der Waals surface area contributed by atoms with Gasteiger partial charge in [0.1, 0.15) is 0 Å². The zero-order valence-electron chi connectivity index (χ0n) is 13.2. The van der Waals surface area contributed by atoms with Gasteiger partial charge in [0, 0.05) is 12.0 Å². The molecule has 0 radical (unpaired) electrons. The molecule has 1 aliphatic heterocycles. The largest absolute Gasteiger partial charge is 0.377 e. The first-order valence-corrected chi connectivity index (χ1v) is 8.23. The summed E-state index contributed by atoms with van der Waals surface area (Å²) in [4.78, 5) is 15.0. The van der Waals surface area contributed by atoms with Gasteiger partial charge in [-0.05, 0) is 51.4 Å². The number of fused-ring (bicyclic) bond motifs is 2. The summed E-state index contributed by atoms with van der Waals surface area (Å²) in [6.07, 6.45) is 5.75. The molecule has 4 atom stereocenters. The lowest BCUT2D eigenvalue weighted by molar-refractivity contribution is -0.151. The average Bonchev–Trinajstić information content (AvgIpc) is 2.37. The van der Waals surface area contributed by atoms with Crippen LogP contribution in [0.1, 0.15) is 46.0 Å². The molecule has 3 aliphatic rings. The zero-order chi connectivity index (χ0) is 14.3. The van der Waals surface area contributed by atoms with Crippen molar-refractivity contribution >= 4 is 18.3 Å². The molecule has 0 aromatic heterocycles. The standard InChI is InChI=1S/C16H28N2O2.ClH/c1-10-8-20-9-11(2)18(10)16(19)14-6-12-4-3-5-13(7-14)15(12)17;/h10-15H,3-9,17H2,1-2H3;1H. The Labute approximate surface area is 134 Å². The van der Waals surface area contributed by atoms with Crippen molar-refractivity contribution in [1.29, 1.82) is 0 Å². The molecule has 21 heavy (non-hydrogen) atoms. The Kier molecular flexibility index (Phi) is 5.55. The van der Waals surface area contributed by atoms with Crippen molar-refractivity contribution in [3.8, 4) is 0 Å². The molecular weight excluding hydrogens is 288 g/mol. The first kappa shape index (κ1) is 17.0. The highest BCUT2D eigenvalue weighted by Gasteiger charge is 2.43. The van der Waals surface area contributed by atoms with E-state index >= 15 is 0 Å². The summed E-state index contributed by atoms with van der Waals surface area (Å²) in [5.41, 5.74) is 6.33. The van der Waals surface area contributed by atoms with Crippen LogP contribution in [0.2, 0.25) is 0 Å². The monoisotopic (exact) mass is 316 g/mol. The number of nitrogens with zero attached hydrogens (tertiary/aromatic N) is 1. The van der Waals surface area contributed by atoms with Crippen molar-refractivity contribution in [1.82, 2.24) is 4.90 Å². The Morgan fingerprint density at radius 2 is 1.62 bits per heavy atom. The van der Waals surface area contributed by atoms with Gasteiger partial charge in [-0.2, -0.15) is 0 Å². The molecule has 1 heterocycles. The second kappa shape index (κ2) is 6.84. The predicted molar refractivity (Wildman–Crippen MR) is 85.4 cm³/mol. The highest BCUT2D eigenvalue weighted by molar-refractivity contribution is 5.85. The topological polar surface area (TPSA) is 55.6 Å². The van der Waals surface area contributed by atoms with Crippen LogP contribution in [-0.4, -0.2) is 42.1 Å². The highest BCUT2D eigenvalue weighted by atomic mass is 35.5. The minimum Gasteiger partial charge on any atom is -0.377 e. The molecule has 3 rings (SSSR count). The second-order valence-corrected chi connectivity index (χ2v) is 7.18.